The Balaban J connectivity index is 0.000000210. The summed E-state index contributed by atoms with van der Waals surface area (Å²) in [4.78, 5) is 107. The van der Waals surface area contributed by atoms with Crippen molar-refractivity contribution >= 4 is 153 Å². The van der Waals surface area contributed by atoms with Crippen LogP contribution >= 0.6 is 11.6 Å². The number of carbonyl (C=O) groups excluding carboxylic acids is 2. The smallest absolute Gasteiger partial charge is 0.307 e. The average Bonchev–Trinajstić information content (AvgIpc) is 1.73. The molecule has 16 aromatic rings. The zero-order chi connectivity index (χ0) is 106. The first-order valence-electron chi connectivity index (χ1n) is 45.3. The van der Waals surface area contributed by atoms with E-state index in [0.717, 1.165) is 147 Å². The first-order valence-corrected chi connectivity index (χ1v) is 45.7. The molecule has 782 valence electrons. The monoisotopic (exact) mass is 2130 g/mol. The molecule has 0 unspecified atom stereocenters. The van der Waals surface area contributed by atoms with Crippen LogP contribution in [0.4, 0.5) is 90.7 Å². The minimum atomic E-state index is -0.997. The Hall–Kier alpha value is -16.5. The van der Waals surface area contributed by atoms with Crippen LogP contribution in [0.5, 0.6) is 23.0 Å². The van der Waals surface area contributed by atoms with Crippen molar-refractivity contribution in [2.24, 2.45) is 28.2 Å². The van der Waals surface area contributed by atoms with Crippen LogP contribution in [0.2, 0.25) is 0 Å². The predicted octanol–water partition coefficient (Wildman–Crippen LogP) is 14.1. The second kappa shape index (κ2) is 54.4. The van der Waals surface area contributed by atoms with Gasteiger partial charge in [-0.05, 0) is 154 Å². The first-order chi connectivity index (χ1) is 69.9. The van der Waals surface area contributed by atoms with Gasteiger partial charge in [0.05, 0.1) is 137 Å². The molecule has 5 aromatic carbocycles. The van der Waals surface area contributed by atoms with Crippen molar-refractivity contribution in [1.29, 1.82) is 0 Å². The van der Waals surface area contributed by atoms with Crippen LogP contribution in [-0.2, 0) is 58.2 Å². The van der Waals surface area contributed by atoms with Gasteiger partial charge in [-0.3, -0.25) is 48.5 Å². The van der Waals surface area contributed by atoms with Gasteiger partial charge in [-0.15, -0.1) is 0 Å². The van der Waals surface area contributed by atoms with E-state index in [1.807, 2.05) is 179 Å². The molecule has 148 heavy (non-hydrogen) atoms. The molecular formula is C100H122ClFN35O10Pd-. The minimum Gasteiger partial charge on any atom is -0.494 e. The molecule has 45 nitrogen and oxygen atoms in total. The quantitative estimate of drug-likeness (QED) is 0.00365. The summed E-state index contributed by atoms with van der Waals surface area (Å²) in [6, 6.07) is 31.6. The molecule has 0 aliphatic rings. The number of nitro groups is 2. The Morgan fingerprint density at radius 3 is 1.14 bits per heavy atom. The number of fused-ring (bicyclic) bond motifs is 4. The number of allylic oxidation sites excluding steroid dienone is 1. The summed E-state index contributed by atoms with van der Waals surface area (Å²) in [5.74, 6) is 1.73. The Morgan fingerprint density at radius 1 is 0.426 bits per heavy atom. The molecule has 8 N–H and O–H groups in total. The van der Waals surface area contributed by atoms with Crippen LogP contribution in [0.25, 0.3) is 89.0 Å². The summed E-state index contributed by atoms with van der Waals surface area (Å²) in [6.45, 7) is 13.6. The van der Waals surface area contributed by atoms with Crippen LogP contribution < -0.4 is 71.3 Å². The fourth-order valence-corrected chi connectivity index (χ4v) is 14.3. The number of aromatic nitrogens is 19. The molecule has 11 heterocycles. The number of nitrogens with one attached hydrogen (secondary N) is 6. The van der Waals surface area contributed by atoms with Crippen LogP contribution in [0, 0.1) is 33.5 Å². The number of nitro benzene ring substituents is 2. The SMILES string of the molecule is C=CC(=O)Cl.C=CC(=O)Nc1cc(Nc2nccc(-c3cnc4c(cnn4C)c3)n2)c(OC)cc1N(C)CCN(C)C.CNCCN(C)C.COc1cc(F)c([N+](=O)[O-])cc1Nc1nccc(-c2cnc3c(cnn3C)c2)n1.COc1cc(N(C)CCN(C)C)c(N)cc1Nc1nccc(-c2cnc3c(cnn3C)c2)n1.COc1cc(N(C)CCN(C)C)c([N+](=O)[O-])cc1Nc1nccc(-c2ccc3c(cnn3C)c2)n1.[CH3-].[Pd]. The Bertz CT molecular complexity index is 7270. The van der Waals surface area contributed by atoms with Gasteiger partial charge in [0.15, 0.2) is 16.9 Å². The van der Waals surface area contributed by atoms with Crippen molar-refractivity contribution in [3.05, 3.63) is 236 Å². The molecule has 48 heteroatoms. The molecule has 0 saturated carbocycles. The number of anilines is 13. The van der Waals surface area contributed by atoms with E-state index in [1.54, 1.807) is 115 Å². The van der Waals surface area contributed by atoms with Crippen molar-refractivity contribution in [1.82, 2.24) is 119 Å². The summed E-state index contributed by atoms with van der Waals surface area (Å²) in [5, 5.41) is 61.4. The zero-order valence-corrected chi connectivity index (χ0v) is 88.5. The topological polar surface area (TPSA) is 491 Å². The summed E-state index contributed by atoms with van der Waals surface area (Å²) in [5.41, 5.74) is 20.5. The van der Waals surface area contributed by atoms with Crippen molar-refractivity contribution in [3.63, 3.8) is 0 Å². The maximum absolute atomic E-state index is 13.8. The molecular weight excluding hydrogens is 2010 g/mol. The van der Waals surface area contributed by atoms with E-state index in [2.05, 4.69) is 159 Å². The van der Waals surface area contributed by atoms with Crippen molar-refractivity contribution in [2.75, 3.05) is 212 Å². The number of methoxy groups -OCH3 is 4. The molecule has 0 radical (unpaired) electrons. The summed E-state index contributed by atoms with van der Waals surface area (Å²) in [6.07, 6.45) is 21.1. The van der Waals surface area contributed by atoms with Gasteiger partial charge in [0.2, 0.25) is 40.8 Å². The second-order valence-corrected chi connectivity index (χ2v) is 34.2. The number of hydrogen-bond acceptors (Lipinski definition) is 38. The number of carbonyl (C=O) groups is 2. The largest absolute Gasteiger partial charge is 0.494 e. The van der Waals surface area contributed by atoms with E-state index < -0.39 is 26.6 Å². The van der Waals surface area contributed by atoms with Crippen molar-refractivity contribution in [2.45, 2.75) is 0 Å². The molecule has 0 spiro atoms. The van der Waals surface area contributed by atoms with Crippen LogP contribution in [-0.4, -0.2) is 300 Å². The molecule has 0 aliphatic heterocycles. The molecule has 11 aromatic heterocycles. The maximum Gasteiger partial charge on any atom is 0.307 e. The molecule has 16 rings (SSSR count). The number of halogens is 2. The number of ether oxygens (including phenoxy) is 4. The number of likely N-dealkylation sites (N-methyl/N-ethyl adjacent to an activating group) is 8. The summed E-state index contributed by atoms with van der Waals surface area (Å²) in [7, 11) is 37.4. The van der Waals surface area contributed by atoms with Gasteiger partial charge in [-0.1, -0.05) is 19.2 Å². The number of rotatable bonds is 36. The number of nitrogens with two attached hydrogens (primary N) is 1. The van der Waals surface area contributed by atoms with Gasteiger partial charge >= 0.3 is 5.69 Å². The van der Waals surface area contributed by atoms with Crippen molar-refractivity contribution < 1.29 is 63.2 Å². The van der Waals surface area contributed by atoms with E-state index in [0.29, 0.717) is 92.8 Å². The van der Waals surface area contributed by atoms with E-state index in [4.69, 9.17) is 36.3 Å². The predicted molar refractivity (Wildman–Crippen MR) is 577 cm³/mol. The van der Waals surface area contributed by atoms with Crippen LogP contribution in [0.3, 0.4) is 0 Å². The number of hydrogen-bond donors (Lipinski definition) is 7. The third kappa shape index (κ3) is 31.0. The fraction of sp³-hybridized carbons (Fsp3) is 0.280. The molecule has 0 aliphatic carbocycles. The number of pyridine rings is 3. The van der Waals surface area contributed by atoms with Crippen LogP contribution in [0.15, 0.2) is 203 Å². The average molecular weight is 2140 g/mol. The third-order valence-electron chi connectivity index (χ3n) is 22.2. The normalized spacial score (nSPS) is 10.7. The summed E-state index contributed by atoms with van der Waals surface area (Å²) >= 11 is 4.71. The molecule has 1 amide bonds. The van der Waals surface area contributed by atoms with Gasteiger partial charge < -0.3 is 98.3 Å². The Morgan fingerprint density at radius 2 is 0.764 bits per heavy atom. The Kier molecular flexibility index (Phi) is 42.3. The fourth-order valence-electron chi connectivity index (χ4n) is 14.3. The Labute approximate surface area is 874 Å². The minimum absolute atomic E-state index is 0. The first kappa shape index (κ1) is 115. The third-order valence-corrected chi connectivity index (χ3v) is 22.3. The number of nitrogens with zero attached hydrogens (tertiary/aromatic N) is 28. The molecule has 0 fully saturated rings. The van der Waals surface area contributed by atoms with Crippen LogP contribution in [0.1, 0.15) is 0 Å². The van der Waals surface area contributed by atoms with E-state index >= 15 is 0 Å². The molecule has 0 atom stereocenters. The second-order valence-electron chi connectivity index (χ2n) is 33.8. The summed E-state index contributed by atoms with van der Waals surface area (Å²) < 4.78 is 42.7. The number of benzene rings is 5. The standard InChI is InChI=1S/C26H31N9O2.C24H28N8O3.C23H29N9O.C18H14FN7O3.C5H14N2.C3H3ClO.CH3.Pd/c1-7-24(36)30-20-13-21(23(37-6)14-22(20)34(4)11-10-33(2)3)32-26-27-9-8-19(31-26)17-12-18-16-29-35(5)25(18)28-15-17;1-29(2)10-11-30(3)21-14-23(35-5)19(13-22(21)32(33)34)28-24-25-9-8-18(27-24)16-6-7-20-17(12-16)15-26-31(20)4;1-30(2)8-9-31(3)20-12-21(33-5)19(11-17(20)24)29-23-25-7-6-18(28-23)15-10-16-14-27-32(4)22(16)26-13-15;1-25-17-11(9-22-25)5-10(8-21-17)13-3-4-20-18(23-13)24-14-7-15(26(27)28)12(19)6-16(14)29-2;1-6-4-5-7(2)3;1-2-3(4)5;;/h7-9,12-16H,1,10-11H2,2-6H3,(H,30,36)(H,27,31,32);6-9,12-15H,10-11H2,1-5H3,(H,25,27,28);6-7,10-14H,8-9,24H2,1-5H3,(H,25,28,29);3-9H,1-2H3,(H,20,23,24);6H,4-5H2,1-3H3;2H,1H2;1H3;/q;;;;;;-1;. The van der Waals surface area contributed by atoms with E-state index in [1.165, 1.54) is 32.6 Å². The van der Waals surface area contributed by atoms with E-state index in [-0.39, 0.29) is 56.8 Å². The molecule has 0 saturated heterocycles. The number of nitrogen functional groups attached to an aromatic ring is 1. The van der Waals surface area contributed by atoms with Gasteiger partial charge in [-0.2, -0.15) is 24.8 Å². The van der Waals surface area contributed by atoms with Gasteiger partial charge in [0.1, 0.15) is 28.7 Å². The van der Waals surface area contributed by atoms with E-state index in [9.17, 15) is 34.2 Å². The zero-order valence-electron chi connectivity index (χ0n) is 86.2. The number of amides is 1. The van der Waals surface area contributed by atoms with Gasteiger partial charge in [0.25, 0.3) is 5.69 Å². The molecule has 0 bridgehead atoms. The van der Waals surface area contributed by atoms with Crippen molar-refractivity contribution in [3.8, 4) is 68.0 Å². The number of aryl methyl sites for hydroxylation is 4. The van der Waals surface area contributed by atoms with Gasteiger partial charge in [-0.25, -0.2) is 54.8 Å². The maximum atomic E-state index is 13.8. The van der Waals surface area contributed by atoms with Gasteiger partial charge in [0, 0.05) is 246 Å².